The minimum Gasteiger partial charge on any atom is -0.388 e. The molecule has 0 heterocycles. The van der Waals surface area contributed by atoms with Crippen molar-refractivity contribution in [1.82, 2.24) is 0 Å². The molecule has 0 saturated carbocycles. The molecule has 3 nitrogen and oxygen atoms in total. The molecule has 2 aromatic carbocycles. The molecule has 0 aliphatic carbocycles. The molecule has 0 spiro atoms. The summed E-state index contributed by atoms with van der Waals surface area (Å²) in [5.41, 5.74) is 0. The third-order valence-electron chi connectivity index (χ3n) is 2.61. The van der Waals surface area contributed by atoms with Gasteiger partial charge in [-0.3, -0.25) is 4.39 Å². The SMILES string of the molecule is CC.CF.O=C(Oc1c(F)c(F)cc(F)c1F)Oc1c(F)c(F)c(F)c(F)c1F. The summed E-state index contributed by atoms with van der Waals surface area (Å²) >= 11 is 0. The highest BCUT2D eigenvalue weighted by molar-refractivity contribution is 5.67. The lowest BCUT2D eigenvalue weighted by atomic mass is 10.2. The summed E-state index contributed by atoms with van der Waals surface area (Å²) in [7, 11) is 0.500. The number of carbonyl (C=O) groups excluding carboxylic acids is 1. The van der Waals surface area contributed by atoms with Crippen LogP contribution < -0.4 is 9.47 Å². The van der Waals surface area contributed by atoms with E-state index >= 15 is 0 Å². The molecule has 0 unspecified atom stereocenters. The fourth-order valence-electron chi connectivity index (χ4n) is 1.50. The molecule has 0 aliphatic rings. The van der Waals surface area contributed by atoms with Crippen molar-refractivity contribution in [1.29, 1.82) is 0 Å². The quantitative estimate of drug-likeness (QED) is 0.185. The Hall–Kier alpha value is -2.99. The number of carbonyl (C=O) groups is 1. The van der Waals surface area contributed by atoms with Gasteiger partial charge in [-0.15, -0.1) is 0 Å². The first-order valence-electron chi connectivity index (χ1n) is 7.18. The van der Waals surface area contributed by atoms with Crippen LogP contribution >= 0.6 is 0 Å². The largest absolute Gasteiger partial charge is 0.519 e. The maximum atomic E-state index is 13.3. The Labute approximate surface area is 156 Å². The monoisotopic (exact) mass is 440 g/mol. The lowest BCUT2D eigenvalue weighted by molar-refractivity contribution is 0.141. The summed E-state index contributed by atoms with van der Waals surface area (Å²) in [6.45, 7) is 4.00. The standard InChI is InChI=1S/C13HF9O3.C2H6.CH3F/c14-2-1-3(15)5(17)11(4(2)16)24-13(23)25-12-9(21)7(19)6(18)8(20)10(12)22;2*1-2/h1H;1-2H3;1H3. The molecule has 162 valence electrons. The minimum atomic E-state index is -2.57. The Morgan fingerprint density at radius 2 is 0.862 bits per heavy atom. The average Bonchev–Trinajstić information content (AvgIpc) is 2.73. The molecule has 0 fully saturated rings. The van der Waals surface area contributed by atoms with Gasteiger partial charge in [-0.1, -0.05) is 13.8 Å². The summed E-state index contributed by atoms with van der Waals surface area (Å²) in [4.78, 5) is 11.2. The van der Waals surface area contributed by atoms with Crippen LogP contribution in [0.4, 0.5) is 48.7 Å². The van der Waals surface area contributed by atoms with Crippen LogP contribution in [0.2, 0.25) is 0 Å². The first kappa shape index (κ1) is 26.0. The van der Waals surface area contributed by atoms with E-state index in [2.05, 4.69) is 9.47 Å². The van der Waals surface area contributed by atoms with E-state index in [1.807, 2.05) is 13.8 Å². The van der Waals surface area contributed by atoms with E-state index < -0.39 is 70.0 Å². The maximum absolute atomic E-state index is 13.3. The second-order valence-electron chi connectivity index (χ2n) is 4.15. The van der Waals surface area contributed by atoms with Gasteiger partial charge in [0.25, 0.3) is 0 Å². The molecule has 2 aromatic rings. The number of ether oxygens (including phenoxy) is 2. The number of rotatable bonds is 2. The second-order valence-corrected chi connectivity index (χ2v) is 4.15. The summed E-state index contributed by atoms with van der Waals surface area (Å²) in [6, 6.07) is -0.243. The van der Waals surface area contributed by atoms with Crippen molar-refractivity contribution in [3.05, 3.63) is 58.4 Å². The molecule has 2 rings (SSSR count). The van der Waals surface area contributed by atoms with Gasteiger partial charge in [0, 0.05) is 6.07 Å². The van der Waals surface area contributed by atoms with Gasteiger partial charge in [-0.05, 0) is 0 Å². The van der Waals surface area contributed by atoms with Gasteiger partial charge in [0.15, 0.2) is 11.6 Å². The zero-order valence-corrected chi connectivity index (χ0v) is 14.6. The molecule has 0 atom stereocenters. The number of halogens is 10. The van der Waals surface area contributed by atoms with Gasteiger partial charge >= 0.3 is 6.16 Å². The fourth-order valence-corrected chi connectivity index (χ4v) is 1.50. The maximum Gasteiger partial charge on any atom is 0.519 e. The van der Waals surface area contributed by atoms with Crippen molar-refractivity contribution >= 4 is 6.16 Å². The Morgan fingerprint density at radius 1 is 0.586 bits per heavy atom. The van der Waals surface area contributed by atoms with E-state index in [9.17, 15) is 48.7 Å². The van der Waals surface area contributed by atoms with Crippen molar-refractivity contribution in [2.24, 2.45) is 0 Å². The molecule has 0 radical (unpaired) electrons. The zero-order valence-electron chi connectivity index (χ0n) is 14.6. The zero-order chi connectivity index (χ0) is 23.0. The summed E-state index contributed by atoms with van der Waals surface area (Å²) < 4.78 is 134. The predicted molar refractivity (Wildman–Crippen MR) is 77.5 cm³/mol. The van der Waals surface area contributed by atoms with Crippen LogP contribution in [0, 0.1) is 52.4 Å². The molecular formula is C16H10F10O3. The normalized spacial score (nSPS) is 9.69. The van der Waals surface area contributed by atoms with Crippen LogP contribution in [0.15, 0.2) is 6.07 Å². The van der Waals surface area contributed by atoms with Crippen LogP contribution in [0.3, 0.4) is 0 Å². The lowest BCUT2D eigenvalue weighted by Gasteiger charge is -2.10. The van der Waals surface area contributed by atoms with Crippen LogP contribution in [0.25, 0.3) is 0 Å². The van der Waals surface area contributed by atoms with Gasteiger partial charge in [-0.25, -0.2) is 26.7 Å². The molecule has 0 aliphatic heterocycles. The Morgan fingerprint density at radius 3 is 1.21 bits per heavy atom. The van der Waals surface area contributed by atoms with E-state index in [4.69, 9.17) is 0 Å². The van der Waals surface area contributed by atoms with E-state index in [-0.39, 0.29) is 6.07 Å². The van der Waals surface area contributed by atoms with Gasteiger partial charge in [0.2, 0.25) is 52.2 Å². The van der Waals surface area contributed by atoms with Crippen molar-refractivity contribution in [2.75, 3.05) is 7.18 Å². The molecule has 0 amide bonds. The van der Waals surface area contributed by atoms with E-state index in [0.717, 1.165) is 0 Å². The smallest absolute Gasteiger partial charge is 0.388 e. The highest BCUT2D eigenvalue weighted by Gasteiger charge is 2.30. The Balaban J connectivity index is 0.00000184. The molecule has 0 aromatic heterocycles. The third-order valence-corrected chi connectivity index (χ3v) is 2.61. The predicted octanol–water partition coefficient (Wildman–Crippen LogP) is 6.13. The Kier molecular flexibility index (Phi) is 9.97. The van der Waals surface area contributed by atoms with Crippen molar-refractivity contribution < 1.29 is 58.2 Å². The number of hydrogen-bond acceptors (Lipinski definition) is 3. The average molecular weight is 440 g/mol. The number of alkyl halides is 1. The molecular weight excluding hydrogens is 430 g/mol. The van der Waals surface area contributed by atoms with Crippen molar-refractivity contribution in [3.63, 3.8) is 0 Å². The van der Waals surface area contributed by atoms with E-state index in [0.29, 0.717) is 7.18 Å². The van der Waals surface area contributed by atoms with E-state index in [1.165, 1.54) is 0 Å². The fraction of sp³-hybridized carbons (Fsp3) is 0.188. The van der Waals surface area contributed by atoms with Gasteiger partial charge in [-0.2, -0.15) is 17.6 Å². The molecule has 0 bridgehead atoms. The Bertz CT molecular complexity index is 831. The van der Waals surface area contributed by atoms with Gasteiger partial charge in [0.05, 0.1) is 7.18 Å². The van der Waals surface area contributed by atoms with E-state index in [1.54, 1.807) is 0 Å². The first-order chi connectivity index (χ1) is 13.6. The topological polar surface area (TPSA) is 35.5 Å². The summed E-state index contributed by atoms with van der Waals surface area (Å²) in [5, 5.41) is 0. The summed E-state index contributed by atoms with van der Waals surface area (Å²) in [6.07, 6.45) is -2.44. The molecule has 13 heteroatoms. The highest BCUT2D eigenvalue weighted by atomic mass is 19.2. The molecule has 29 heavy (non-hydrogen) atoms. The molecule has 0 N–H and O–H groups in total. The second kappa shape index (κ2) is 11.1. The molecule has 0 saturated heterocycles. The number of benzene rings is 2. The third kappa shape index (κ3) is 5.51. The van der Waals surface area contributed by atoms with Gasteiger partial charge < -0.3 is 9.47 Å². The lowest BCUT2D eigenvalue weighted by Crippen LogP contribution is -2.19. The van der Waals surface area contributed by atoms with Crippen LogP contribution in [-0.4, -0.2) is 13.3 Å². The highest BCUT2D eigenvalue weighted by Crippen LogP contribution is 2.31. The van der Waals surface area contributed by atoms with Crippen LogP contribution in [-0.2, 0) is 0 Å². The first-order valence-corrected chi connectivity index (χ1v) is 7.18. The van der Waals surface area contributed by atoms with Gasteiger partial charge in [0.1, 0.15) is 0 Å². The van der Waals surface area contributed by atoms with Crippen molar-refractivity contribution in [3.8, 4) is 11.5 Å². The van der Waals surface area contributed by atoms with Crippen LogP contribution in [0.5, 0.6) is 11.5 Å². The summed E-state index contributed by atoms with van der Waals surface area (Å²) in [5.74, 6) is -25.3. The van der Waals surface area contributed by atoms with Crippen molar-refractivity contribution in [2.45, 2.75) is 13.8 Å². The minimum absolute atomic E-state index is 0.243. The van der Waals surface area contributed by atoms with Crippen LogP contribution in [0.1, 0.15) is 13.8 Å². The number of hydrogen-bond donors (Lipinski definition) is 0.